The maximum Gasteiger partial charge on any atom is 0.230 e. The summed E-state index contributed by atoms with van der Waals surface area (Å²) in [5, 5.41) is 3.15. The second-order valence-electron chi connectivity index (χ2n) is 8.41. The quantitative estimate of drug-likeness (QED) is 0.464. The molecule has 1 heterocycles. The first-order valence-corrected chi connectivity index (χ1v) is 11.1. The number of nitrogens with one attached hydrogen (secondary N) is 1. The van der Waals surface area contributed by atoms with Crippen LogP contribution in [0.1, 0.15) is 45.4 Å². The fourth-order valence-corrected chi connectivity index (χ4v) is 4.59. The standard InChI is InChI=1S/C24H36N2O3/c1-3-7-20-10-11-24(4-2,19-20)23(27)25-21-8-5-9-22(18-21)29-15-6-12-26-13-16-28-17-14-26/h3,5,8-9,18,20H,1,4,6-7,10-17,19H2,2H3,(H,25,27). The summed E-state index contributed by atoms with van der Waals surface area (Å²) in [5.41, 5.74) is 0.573. The molecular formula is C24H36N2O3. The fourth-order valence-electron chi connectivity index (χ4n) is 4.59. The SMILES string of the molecule is C=CCC1CCC(CC)(C(=O)Nc2cccc(OCCCN3CCOCC3)c2)C1. The molecule has 1 aromatic carbocycles. The van der Waals surface area contributed by atoms with Gasteiger partial charge >= 0.3 is 0 Å². The van der Waals surface area contributed by atoms with E-state index in [1.165, 1.54) is 0 Å². The molecule has 1 aromatic rings. The predicted molar refractivity (Wildman–Crippen MR) is 117 cm³/mol. The normalized spacial score (nSPS) is 24.9. The first-order valence-electron chi connectivity index (χ1n) is 11.1. The van der Waals surface area contributed by atoms with Gasteiger partial charge in [-0.25, -0.2) is 0 Å². The summed E-state index contributed by atoms with van der Waals surface area (Å²) in [6.45, 7) is 11.4. The van der Waals surface area contributed by atoms with Crippen LogP contribution in [0.2, 0.25) is 0 Å². The van der Waals surface area contributed by atoms with Crippen LogP contribution in [0.3, 0.4) is 0 Å². The molecule has 1 N–H and O–H groups in total. The Morgan fingerprint density at radius 3 is 3.00 bits per heavy atom. The van der Waals surface area contributed by atoms with E-state index in [1.54, 1.807) is 0 Å². The van der Waals surface area contributed by atoms with Crippen LogP contribution in [0, 0.1) is 11.3 Å². The van der Waals surface area contributed by atoms with Crippen molar-refractivity contribution in [2.45, 2.75) is 45.4 Å². The van der Waals surface area contributed by atoms with Gasteiger partial charge in [0, 0.05) is 36.8 Å². The summed E-state index contributed by atoms with van der Waals surface area (Å²) in [4.78, 5) is 15.5. The number of morpholine rings is 1. The lowest BCUT2D eigenvalue weighted by molar-refractivity contribution is -0.125. The summed E-state index contributed by atoms with van der Waals surface area (Å²) >= 11 is 0. The van der Waals surface area contributed by atoms with Crippen LogP contribution in [0.4, 0.5) is 5.69 Å². The Morgan fingerprint density at radius 1 is 1.41 bits per heavy atom. The summed E-state index contributed by atoms with van der Waals surface area (Å²) in [5.74, 6) is 1.54. The zero-order valence-electron chi connectivity index (χ0n) is 17.8. The molecule has 0 spiro atoms. The van der Waals surface area contributed by atoms with Crippen LogP contribution in [0.5, 0.6) is 5.75 Å². The third-order valence-corrected chi connectivity index (χ3v) is 6.45. The van der Waals surface area contributed by atoms with Crippen molar-refractivity contribution in [2.24, 2.45) is 11.3 Å². The minimum absolute atomic E-state index is 0.149. The zero-order valence-corrected chi connectivity index (χ0v) is 17.8. The van der Waals surface area contributed by atoms with Gasteiger partial charge in [-0.05, 0) is 56.6 Å². The van der Waals surface area contributed by atoms with E-state index in [9.17, 15) is 4.79 Å². The number of hydrogen-bond acceptors (Lipinski definition) is 4. The summed E-state index contributed by atoms with van der Waals surface area (Å²) in [6, 6.07) is 7.78. The van der Waals surface area contributed by atoms with Crippen molar-refractivity contribution in [3.63, 3.8) is 0 Å². The molecule has 0 radical (unpaired) electrons. The highest BCUT2D eigenvalue weighted by Gasteiger charge is 2.43. The summed E-state index contributed by atoms with van der Waals surface area (Å²) < 4.78 is 11.3. The van der Waals surface area contributed by atoms with Crippen molar-refractivity contribution in [1.82, 2.24) is 4.90 Å². The molecule has 2 fully saturated rings. The van der Waals surface area contributed by atoms with Gasteiger partial charge in [0.25, 0.3) is 0 Å². The molecule has 29 heavy (non-hydrogen) atoms. The first kappa shape index (κ1) is 21.8. The zero-order chi connectivity index (χ0) is 20.5. The number of hydrogen-bond donors (Lipinski definition) is 1. The molecule has 2 aliphatic rings. The molecule has 5 nitrogen and oxygen atoms in total. The smallest absolute Gasteiger partial charge is 0.230 e. The topological polar surface area (TPSA) is 50.8 Å². The number of nitrogens with zero attached hydrogens (tertiary/aromatic N) is 1. The maximum atomic E-state index is 13.1. The molecule has 1 aliphatic carbocycles. The van der Waals surface area contributed by atoms with E-state index in [0.29, 0.717) is 12.5 Å². The van der Waals surface area contributed by atoms with Crippen molar-refractivity contribution in [1.29, 1.82) is 0 Å². The van der Waals surface area contributed by atoms with Crippen molar-refractivity contribution in [3.05, 3.63) is 36.9 Å². The molecule has 3 rings (SSSR count). The van der Waals surface area contributed by atoms with Crippen LogP contribution in [-0.4, -0.2) is 50.3 Å². The summed E-state index contributed by atoms with van der Waals surface area (Å²) in [7, 11) is 0. The van der Waals surface area contributed by atoms with Crippen LogP contribution >= 0.6 is 0 Å². The molecule has 2 unspecified atom stereocenters. The number of carbonyl (C=O) groups is 1. The molecule has 0 aromatic heterocycles. The minimum atomic E-state index is -0.247. The molecule has 1 saturated carbocycles. The molecule has 160 valence electrons. The largest absolute Gasteiger partial charge is 0.493 e. The molecule has 5 heteroatoms. The lowest BCUT2D eigenvalue weighted by Gasteiger charge is -2.27. The van der Waals surface area contributed by atoms with E-state index < -0.39 is 0 Å². The van der Waals surface area contributed by atoms with E-state index in [0.717, 1.165) is 82.8 Å². The molecular weight excluding hydrogens is 364 g/mol. The summed E-state index contributed by atoms with van der Waals surface area (Å²) in [6.07, 6.45) is 7.88. The highest BCUT2D eigenvalue weighted by atomic mass is 16.5. The fraction of sp³-hybridized carbons (Fsp3) is 0.625. The highest BCUT2D eigenvalue weighted by molar-refractivity contribution is 5.95. The van der Waals surface area contributed by atoms with E-state index in [1.807, 2.05) is 30.3 Å². The van der Waals surface area contributed by atoms with Gasteiger partial charge in [0.1, 0.15) is 5.75 Å². The van der Waals surface area contributed by atoms with Gasteiger partial charge in [0.15, 0.2) is 0 Å². The Kier molecular flexibility index (Phi) is 8.13. The monoisotopic (exact) mass is 400 g/mol. The Hall–Kier alpha value is -1.85. The molecule has 1 aliphatic heterocycles. The Morgan fingerprint density at radius 2 is 2.24 bits per heavy atom. The van der Waals surface area contributed by atoms with Crippen LogP contribution in [0.15, 0.2) is 36.9 Å². The van der Waals surface area contributed by atoms with Crippen LogP contribution < -0.4 is 10.1 Å². The number of carbonyl (C=O) groups excluding carboxylic acids is 1. The van der Waals surface area contributed by atoms with E-state index in [4.69, 9.17) is 9.47 Å². The van der Waals surface area contributed by atoms with Gasteiger partial charge in [-0.3, -0.25) is 9.69 Å². The molecule has 1 amide bonds. The molecule has 2 atom stereocenters. The predicted octanol–water partition coefficient (Wildman–Crippen LogP) is 4.50. The van der Waals surface area contributed by atoms with E-state index >= 15 is 0 Å². The number of anilines is 1. The Balaban J connectivity index is 1.48. The van der Waals surface area contributed by atoms with Gasteiger partial charge in [0.2, 0.25) is 5.91 Å². The Bertz CT molecular complexity index is 672. The third-order valence-electron chi connectivity index (χ3n) is 6.45. The minimum Gasteiger partial charge on any atom is -0.493 e. The second-order valence-corrected chi connectivity index (χ2v) is 8.41. The highest BCUT2D eigenvalue weighted by Crippen LogP contribution is 2.46. The number of allylic oxidation sites excluding steroid dienone is 1. The van der Waals surface area contributed by atoms with Gasteiger partial charge in [-0.15, -0.1) is 6.58 Å². The third kappa shape index (κ3) is 6.06. The average Bonchev–Trinajstić information content (AvgIpc) is 3.17. The van der Waals surface area contributed by atoms with Gasteiger partial charge in [0.05, 0.1) is 19.8 Å². The van der Waals surface area contributed by atoms with Crippen LogP contribution in [-0.2, 0) is 9.53 Å². The van der Waals surface area contributed by atoms with E-state index in [-0.39, 0.29) is 11.3 Å². The number of ether oxygens (including phenoxy) is 2. The van der Waals surface area contributed by atoms with Gasteiger partial charge in [-0.1, -0.05) is 19.1 Å². The number of benzene rings is 1. The van der Waals surface area contributed by atoms with Crippen molar-refractivity contribution in [2.75, 3.05) is 44.8 Å². The van der Waals surface area contributed by atoms with Crippen molar-refractivity contribution in [3.8, 4) is 5.75 Å². The number of rotatable bonds is 10. The second kappa shape index (κ2) is 10.8. The average molecular weight is 401 g/mol. The Labute approximate surface area is 175 Å². The van der Waals surface area contributed by atoms with Gasteiger partial charge in [-0.2, -0.15) is 0 Å². The lowest BCUT2D eigenvalue weighted by Crippen LogP contribution is -2.37. The molecule has 1 saturated heterocycles. The van der Waals surface area contributed by atoms with Crippen LogP contribution in [0.25, 0.3) is 0 Å². The maximum absolute atomic E-state index is 13.1. The van der Waals surface area contributed by atoms with E-state index in [2.05, 4.69) is 23.7 Å². The van der Waals surface area contributed by atoms with Crippen molar-refractivity contribution < 1.29 is 14.3 Å². The lowest BCUT2D eigenvalue weighted by atomic mass is 9.81. The first-order chi connectivity index (χ1) is 14.1. The molecule has 0 bridgehead atoms. The van der Waals surface area contributed by atoms with Crippen molar-refractivity contribution >= 4 is 11.6 Å². The van der Waals surface area contributed by atoms with Gasteiger partial charge < -0.3 is 14.8 Å². The number of amides is 1.